The largest absolute Gasteiger partial charge is 0.285 e. The Labute approximate surface area is 55.0 Å². The van der Waals surface area contributed by atoms with Crippen LogP contribution >= 0.6 is 0 Å². The zero-order valence-corrected chi connectivity index (χ0v) is 5.55. The average Bonchev–Trinajstić information content (AvgIpc) is 1.83. The minimum absolute atomic E-state index is 0.177. The minimum Gasteiger partial charge on any atom is -0.285 e. The van der Waals surface area contributed by atoms with E-state index in [1.54, 1.807) is 13.8 Å². The fourth-order valence-electron chi connectivity index (χ4n) is 0.187. The van der Waals surface area contributed by atoms with Gasteiger partial charge in [-0.1, -0.05) is 6.08 Å². The van der Waals surface area contributed by atoms with E-state index in [0.717, 1.165) is 0 Å². The van der Waals surface area contributed by atoms with E-state index in [0.29, 0.717) is 5.70 Å². The molecule has 0 bridgehead atoms. The topological polar surface area (TPSA) is 48.6 Å². The maximum absolute atomic E-state index is 6.83. The third-order valence-electron chi connectivity index (χ3n) is 0.599. The van der Waals surface area contributed by atoms with Crippen molar-refractivity contribution in [2.45, 2.75) is 13.8 Å². The molecule has 0 atom stereocenters. The number of azo groups is 1. The van der Waals surface area contributed by atoms with E-state index in [9.17, 15) is 0 Å². The maximum atomic E-state index is 6.83. The molecular weight excluding hydrogens is 114 g/mol. The lowest BCUT2D eigenvalue weighted by molar-refractivity contribution is 1.13. The summed E-state index contributed by atoms with van der Waals surface area (Å²) in [7, 11) is 0. The second kappa shape index (κ2) is 3.95. The second-order valence-electron chi connectivity index (χ2n) is 1.59. The summed E-state index contributed by atoms with van der Waals surface area (Å²) in [5.41, 5.74) is 0.613. The Morgan fingerprint density at radius 2 is 2.00 bits per heavy atom. The van der Waals surface area contributed by atoms with Gasteiger partial charge >= 0.3 is 0 Å². The summed E-state index contributed by atoms with van der Waals surface area (Å²) in [4.78, 5) is 0. The second-order valence-corrected chi connectivity index (χ2v) is 1.59. The number of nitrogens with one attached hydrogen (secondary N) is 1. The molecule has 3 heteroatoms. The summed E-state index contributed by atoms with van der Waals surface area (Å²) in [6, 6.07) is 0. The van der Waals surface area contributed by atoms with E-state index in [4.69, 9.17) is 12.3 Å². The van der Waals surface area contributed by atoms with Crippen molar-refractivity contribution in [2.24, 2.45) is 10.2 Å². The third kappa shape index (κ3) is 4.87. The predicted octanol–water partition coefficient (Wildman–Crippen LogP) is 2.05. The molecule has 9 heavy (non-hydrogen) atoms. The molecule has 0 saturated carbocycles. The lowest BCUT2D eigenvalue weighted by Crippen LogP contribution is -1.77. The highest BCUT2D eigenvalue weighted by atomic mass is 15.1. The van der Waals surface area contributed by atoms with Gasteiger partial charge in [-0.25, -0.2) is 0 Å². The van der Waals surface area contributed by atoms with E-state index in [1.807, 2.05) is 0 Å². The van der Waals surface area contributed by atoms with Gasteiger partial charge in [0, 0.05) is 0 Å². The van der Waals surface area contributed by atoms with E-state index in [2.05, 4.69) is 10.2 Å². The van der Waals surface area contributed by atoms with Gasteiger partial charge in [-0.3, -0.25) is 5.41 Å². The van der Waals surface area contributed by atoms with Crippen molar-refractivity contribution in [1.29, 1.82) is 5.41 Å². The van der Waals surface area contributed by atoms with Crippen LogP contribution in [0.4, 0.5) is 0 Å². The lowest BCUT2D eigenvalue weighted by Gasteiger charge is -1.84. The van der Waals surface area contributed by atoms with Crippen molar-refractivity contribution < 1.29 is 0 Å². The fraction of sp³-hybridized carbons (Fsp3) is 0.333. The van der Waals surface area contributed by atoms with Crippen molar-refractivity contribution in [3.8, 4) is 0 Å². The van der Waals surface area contributed by atoms with Crippen LogP contribution in [0.3, 0.4) is 0 Å². The smallest absolute Gasteiger partial charge is 0.140 e. The van der Waals surface area contributed by atoms with Crippen LogP contribution in [-0.2, 0) is 0 Å². The number of hydrogen-bond donors (Lipinski definition) is 1. The minimum atomic E-state index is 0.177. The zero-order chi connectivity index (χ0) is 7.28. The number of rotatable bonds is 1. The van der Waals surface area contributed by atoms with Gasteiger partial charge in [-0.2, -0.15) is 5.11 Å². The molecule has 48 valence electrons. The summed E-state index contributed by atoms with van der Waals surface area (Å²) < 4.78 is 0. The number of nitrogens with zero attached hydrogens (tertiary/aromatic N) is 2. The van der Waals surface area contributed by atoms with E-state index in [1.165, 1.54) is 6.08 Å². The van der Waals surface area contributed by atoms with Gasteiger partial charge in [-0.15, -0.1) is 5.11 Å². The molecular formula is C6H9N3. The van der Waals surface area contributed by atoms with Crippen LogP contribution in [0.2, 0.25) is 0 Å². The molecule has 1 N–H and O–H groups in total. The highest BCUT2D eigenvalue weighted by Gasteiger charge is 1.79. The molecule has 0 heterocycles. The molecule has 0 saturated heterocycles. The van der Waals surface area contributed by atoms with Crippen LogP contribution in [0.1, 0.15) is 13.8 Å². The summed E-state index contributed by atoms with van der Waals surface area (Å²) in [6.45, 7) is 8.34. The van der Waals surface area contributed by atoms with E-state index < -0.39 is 0 Å². The summed E-state index contributed by atoms with van der Waals surface area (Å²) in [6.07, 6.45) is 1.34. The summed E-state index contributed by atoms with van der Waals surface area (Å²) in [5.74, 6) is 0.177. The van der Waals surface area contributed by atoms with Crippen molar-refractivity contribution >= 4 is 5.84 Å². The molecule has 0 unspecified atom stereocenters. The zero-order valence-electron chi connectivity index (χ0n) is 5.55. The molecule has 0 aromatic carbocycles. The molecule has 0 fully saturated rings. The van der Waals surface area contributed by atoms with Gasteiger partial charge < -0.3 is 0 Å². The van der Waals surface area contributed by atoms with Gasteiger partial charge in [-0.05, 0) is 20.8 Å². The predicted molar refractivity (Wildman–Crippen MR) is 36.3 cm³/mol. The first-order chi connectivity index (χ1) is 4.16. The first-order valence-corrected chi connectivity index (χ1v) is 2.52. The Bertz CT molecular complexity index is 156. The molecule has 3 nitrogen and oxygen atoms in total. The van der Waals surface area contributed by atoms with Crippen LogP contribution in [0, 0.1) is 12.3 Å². The van der Waals surface area contributed by atoms with Crippen molar-refractivity contribution in [3.05, 3.63) is 18.7 Å². The van der Waals surface area contributed by atoms with Gasteiger partial charge in [0.25, 0.3) is 0 Å². The summed E-state index contributed by atoms with van der Waals surface area (Å²) >= 11 is 0. The van der Waals surface area contributed by atoms with Crippen LogP contribution in [0.25, 0.3) is 0 Å². The standard InChI is InChI=1S/C6H9N3/c1-4-5(2)8-9-6(3)7/h1,4,7H,2-3H3/b5-4-,7-6?,9-8?. The van der Waals surface area contributed by atoms with E-state index >= 15 is 0 Å². The number of hydrogen-bond acceptors (Lipinski definition) is 2. The first-order valence-electron chi connectivity index (χ1n) is 2.52. The highest BCUT2D eigenvalue weighted by Crippen LogP contribution is 1.93. The molecule has 2 radical (unpaired) electrons. The normalized spacial score (nSPS) is 12.6. The molecule has 0 spiro atoms. The number of amidine groups is 1. The van der Waals surface area contributed by atoms with Gasteiger partial charge in [0.2, 0.25) is 0 Å². The van der Waals surface area contributed by atoms with Crippen molar-refractivity contribution in [2.75, 3.05) is 0 Å². The maximum Gasteiger partial charge on any atom is 0.140 e. The number of allylic oxidation sites excluding steroid dienone is 2. The Morgan fingerprint density at radius 1 is 1.44 bits per heavy atom. The first kappa shape index (κ1) is 8.01. The monoisotopic (exact) mass is 123 g/mol. The molecule has 0 aromatic rings. The Morgan fingerprint density at radius 3 is 2.33 bits per heavy atom. The molecule has 0 aliphatic rings. The van der Waals surface area contributed by atoms with Crippen LogP contribution in [0.5, 0.6) is 0 Å². The van der Waals surface area contributed by atoms with Crippen LogP contribution in [-0.4, -0.2) is 5.84 Å². The van der Waals surface area contributed by atoms with E-state index in [-0.39, 0.29) is 5.84 Å². The molecule has 0 amide bonds. The van der Waals surface area contributed by atoms with Crippen molar-refractivity contribution in [3.63, 3.8) is 0 Å². The molecule has 0 aliphatic heterocycles. The van der Waals surface area contributed by atoms with Gasteiger partial charge in [0.15, 0.2) is 0 Å². The molecule has 0 rings (SSSR count). The Kier molecular flexibility index (Phi) is 3.51. The SMILES string of the molecule is [CH]/C=C(/C)N=NC(C)=N. The Hall–Kier alpha value is -0.990. The van der Waals surface area contributed by atoms with Gasteiger partial charge in [0.05, 0.1) is 5.70 Å². The Balaban J connectivity index is 3.86. The third-order valence-corrected chi connectivity index (χ3v) is 0.599. The fourth-order valence-corrected chi connectivity index (χ4v) is 0.187. The van der Waals surface area contributed by atoms with Gasteiger partial charge in [0.1, 0.15) is 5.84 Å². The molecule has 0 aromatic heterocycles. The average molecular weight is 123 g/mol. The highest BCUT2D eigenvalue weighted by molar-refractivity contribution is 5.76. The summed E-state index contributed by atoms with van der Waals surface area (Å²) in [5, 5.41) is 13.9. The van der Waals surface area contributed by atoms with Crippen LogP contribution < -0.4 is 0 Å². The molecule has 0 aliphatic carbocycles. The quantitative estimate of drug-likeness (QED) is 0.315. The lowest BCUT2D eigenvalue weighted by atomic mass is 10.5. The van der Waals surface area contributed by atoms with Crippen LogP contribution in [0.15, 0.2) is 22.0 Å². The van der Waals surface area contributed by atoms with Crippen molar-refractivity contribution in [1.82, 2.24) is 0 Å².